The van der Waals surface area contributed by atoms with Gasteiger partial charge in [-0.25, -0.2) is 4.79 Å². The van der Waals surface area contributed by atoms with Crippen molar-refractivity contribution in [2.75, 3.05) is 7.11 Å². The van der Waals surface area contributed by atoms with Crippen LogP contribution in [-0.2, 0) is 11.2 Å². The summed E-state index contributed by atoms with van der Waals surface area (Å²) in [5.41, 5.74) is 5.63. The molecule has 0 bridgehead atoms. The second-order valence-corrected chi connectivity index (χ2v) is 5.92. The second kappa shape index (κ2) is 6.29. The maximum absolute atomic E-state index is 11.2. The highest BCUT2D eigenvalue weighted by Gasteiger charge is 2.26. The van der Waals surface area contributed by atoms with Crippen LogP contribution < -0.4 is 4.74 Å². The van der Waals surface area contributed by atoms with Gasteiger partial charge < -0.3 is 9.84 Å². The maximum Gasteiger partial charge on any atom is 0.328 e. The Hall–Kier alpha value is -2.55. The van der Waals surface area contributed by atoms with E-state index in [0.717, 1.165) is 35.3 Å². The summed E-state index contributed by atoms with van der Waals surface area (Å²) in [4.78, 5) is 11.2. The molecule has 2 aromatic rings. The Morgan fingerprint density at radius 2 is 2.00 bits per heavy atom. The van der Waals surface area contributed by atoms with Crippen LogP contribution in [0.3, 0.4) is 0 Å². The molecule has 3 heteroatoms. The molecule has 0 heterocycles. The first kappa shape index (κ1) is 15.3. The fourth-order valence-corrected chi connectivity index (χ4v) is 3.46. The van der Waals surface area contributed by atoms with Crippen molar-refractivity contribution in [3.8, 4) is 5.75 Å². The summed E-state index contributed by atoms with van der Waals surface area (Å²) in [7, 11) is 1.66. The normalized spacial score (nSPS) is 18.5. The van der Waals surface area contributed by atoms with E-state index in [1.807, 2.05) is 31.2 Å². The minimum Gasteiger partial charge on any atom is -0.496 e. The molecule has 0 aromatic heterocycles. The van der Waals surface area contributed by atoms with Crippen molar-refractivity contribution in [2.24, 2.45) is 0 Å². The zero-order valence-electron chi connectivity index (χ0n) is 13.4. The highest BCUT2D eigenvalue weighted by Crippen LogP contribution is 2.41. The number of methoxy groups -OCH3 is 1. The van der Waals surface area contributed by atoms with Gasteiger partial charge in [-0.1, -0.05) is 42.0 Å². The molecular weight excluding hydrogens is 288 g/mol. The number of aryl methyl sites for hydroxylation is 2. The Bertz CT molecular complexity index is 774. The van der Waals surface area contributed by atoms with Gasteiger partial charge in [0.15, 0.2) is 0 Å². The molecule has 0 saturated heterocycles. The fraction of sp³-hybridized carbons (Fsp3) is 0.250. The minimum atomic E-state index is -0.880. The van der Waals surface area contributed by atoms with Crippen LogP contribution in [0.5, 0.6) is 5.75 Å². The Morgan fingerprint density at radius 1 is 1.22 bits per heavy atom. The van der Waals surface area contributed by atoms with Gasteiger partial charge in [-0.15, -0.1) is 0 Å². The van der Waals surface area contributed by atoms with Crippen LogP contribution in [0.25, 0.3) is 0 Å². The summed E-state index contributed by atoms with van der Waals surface area (Å²) in [6, 6.07) is 14.4. The predicted molar refractivity (Wildman–Crippen MR) is 90.1 cm³/mol. The van der Waals surface area contributed by atoms with Crippen molar-refractivity contribution in [3.63, 3.8) is 0 Å². The molecule has 0 aliphatic heterocycles. The van der Waals surface area contributed by atoms with Gasteiger partial charge in [-0.05, 0) is 48.1 Å². The molecule has 3 rings (SSSR count). The molecule has 0 radical (unpaired) electrons. The van der Waals surface area contributed by atoms with Gasteiger partial charge >= 0.3 is 5.97 Å². The van der Waals surface area contributed by atoms with Crippen LogP contribution >= 0.6 is 0 Å². The zero-order chi connectivity index (χ0) is 16.4. The van der Waals surface area contributed by atoms with Gasteiger partial charge in [0.1, 0.15) is 5.75 Å². The topological polar surface area (TPSA) is 46.5 Å². The third-order valence-corrected chi connectivity index (χ3v) is 4.48. The highest BCUT2D eigenvalue weighted by molar-refractivity contribution is 5.81. The van der Waals surface area contributed by atoms with Crippen LogP contribution in [0.4, 0.5) is 0 Å². The van der Waals surface area contributed by atoms with Gasteiger partial charge in [0, 0.05) is 12.0 Å². The molecule has 23 heavy (non-hydrogen) atoms. The molecule has 0 saturated carbocycles. The third-order valence-electron chi connectivity index (χ3n) is 4.48. The molecule has 0 amide bonds. The Kier molecular flexibility index (Phi) is 4.20. The van der Waals surface area contributed by atoms with E-state index in [1.165, 1.54) is 17.2 Å². The van der Waals surface area contributed by atoms with Crippen molar-refractivity contribution in [2.45, 2.75) is 25.7 Å². The van der Waals surface area contributed by atoms with E-state index in [2.05, 4.69) is 18.2 Å². The van der Waals surface area contributed by atoms with E-state index in [9.17, 15) is 9.90 Å². The van der Waals surface area contributed by atoms with Crippen LogP contribution in [0.15, 0.2) is 54.1 Å². The summed E-state index contributed by atoms with van der Waals surface area (Å²) in [5, 5.41) is 9.22. The minimum absolute atomic E-state index is 0.000608. The molecule has 1 aliphatic carbocycles. The highest BCUT2D eigenvalue weighted by atomic mass is 16.5. The van der Waals surface area contributed by atoms with Gasteiger partial charge in [0.2, 0.25) is 0 Å². The van der Waals surface area contributed by atoms with Gasteiger partial charge in [-0.2, -0.15) is 0 Å². The lowest BCUT2D eigenvalue weighted by Gasteiger charge is -2.29. The lowest BCUT2D eigenvalue weighted by molar-refractivity contribution is -0.131. The number of ether oxygens (including phenoxy) is 1. The summed E-state index contributed by atoms with van der Waals surface area (Å²) < 4.78 is 5.34. The number of carbonyl (C=O) groups is 1. The van der Waals surface area contributed by atoms with E-state index in [1.54, 1.807) is 7.11 Å². The van der Waals surface area contributed by atoms with E-state index in [0.29, 0.717) is 0 Å². The number of carboxylic acids is 1. The first-order valence-electron chi connectivity index (χ1n) is 7.76. The maximum atomic E-state index is 11.2. The number of aliphatic carboxylic acids is 1. The Labute approximate surface area is 136 Å². The molecule has 0 fully saturated rings. The van der Waals surface area contributed by atoms with E-state index in [4.69, 9.17) is 4.74 Å². The molecule has 3 nitrogen and oxygen atoms in total. The molecule has 1 N–H and O–H groups in total. The van der Waals surface area contributed by atoms with Crippen LogP contribution in [0.1, 0.15) is 34.6 Å². The first-order valence-corrected chi connectivity index (χ1v) is 7.76. The summed E-state index contributed by atoms with van der Waals surface area (Å²) in [6.45, 7) is 2.01. The van der Waals surface area contributed by atoms with Crippen LogP contribution in [0, 0.1) is 6.92 Å². The number of hydrogen-bond donors (Lipinski definition) is 1. The third kappa shape index (κ3) is 3.00. The number of fused-ring (bicyclic) bond motifs is 1. The van der Waals surface area contributed by atoms with Crippen LogP contribution in [-0.4, -0.2) is 18.2 Å². The number of carboxylic acid groups (broad SMARTS) is 1. The zero-order valence-corrected chi connectivity index (χ0v) is 13.4. The Balaban J connectivity index is 2.15. The average molecular weight is 308 g/mol. The van der Waals surface area contributed by atoms with Crippen molar-refractivity contribution in [1.29, 1.82) is 0 Å². The average Bonchev–Trinajstić information content (AvgIpc) is 2.54. The fourth-order valence-electron chi connectivity index (χ4n) is 3.46. The number of rotatable bonds is 3. The predicted octanol–water partition coefficient (Wildman–Crippen LogP) is 4.09. The first-order chi connectivity index (χ1) is 11.1. The van der Waals surface area contributed by atoms with E-state index in [-0.39, 0.29) is 5.92 Å². The van der Waals surface area contributed by atoms with E-state index < -0.39 is 5.97 Å². The second-order valence-electron chi connectivity index (χ2n) is 5.92. The van der Waals surface area contributed by atoms with Crippen molar-refractivity contribution < 1.29 is 14.6 Å². The molecule has 118 valence electrons. The summed E-state index contributed by atoms with van der Waals surface area (Å²) in [6.07, 6.45) is 3.04. The van der Waals surface area contributed by atoms with Crippen molar-refractivity contribution in [3.05, 3.63) is 76.4 Å². The number of allylic oxidation sites excluding steroid dienone is 1. The van der Waals surface area contributed by atoms with Gasteiger partial charge in [0.25, 0.3) is 0 Å². The van der Waals surface area contributed by atoms with Crippen molar-refractivity contribution in [1.82, 2.24) is 0 Å². The largest absolute Gasteiger partial charge is 0.496 e. The molecule has 2 aromatic carbocycles. The lowest BCUT2D eigenvalue weighted by atomic mass is 9.75. The van der Waals surface area contributed by atoms with Crippen LogP contribution in [0.2, 0.25) is 0 Å². The lowest BCUT2D eigenvalue weighted by Crippen LogP contribution is -2.15. The Morgan fingerprint density at radius 3 is 2.70 bits per heavy atom. The summed E-state index contributed by atoms with van der Waals surface area (Å²) in [5.74, 6) is -0.0307. The van der Waals surface area contributed by atoms with Gasteiger partial charge in [0.05, 0.1) is 7.11 Å². The molecule has 1 aliphatic rings. The van der Waals surface area contributed by atoms with Gasteiger partial charge in [-0.3, -0.25) is 0 Å². The van der Waals surface area contributed by atoms with E-state index >= 15 is 0 Å². The molecule has 0 spiro atoms. The quantitative estimate of drug-likeness (QED) is 0.869. The smallest absolute Gasteiger partial charge is 0.328 e. The molecule has 1 atom stereocenters. The standard InChI is InChI=1S/C20H20O3/c1-13-11-15(9-10-18(13)23-2)20-16(12-19(21)22)8-7-14-5-3-4-6-17(14)20/h3-6,9-12,20H,7-8H2,1-2H3,(H,21,22)/b16-12-. The van der Waals surface area contributed by atoms with Crippen molar-refractivity contribution >= 4 is 5.97 Å². The SMILES string of the molecule is COc1ccc(C2/C(=C\C(=O)O)CCc3ccccc32)cc1C. The monoisotopic (exact) mass is 308 g/mol. The number of hydrogen-bond acceptors (Lipinski definition) is 2. The molecule has 1 unspecified atom stereocenters. The number of benzene rings is 2. The molecular formula is C20H20O3. The summed E-state index contributed by atoms with van der Waals surface area (Å²) >= 11 is 0.